The van der Waals surface area contributed by atoms with Crippen LogP contribution in [0.3, 0.4) is 0 Å². The molecule has 1 aromatic carbocycles. The predicted molar refractivity (Wildman–Crippen MR) is 113 cm³/mol. The largest absolute Gasteiger partial charge is 0.373 e. The van der Waals surface area contributed by atoms with Gasteiger partial charge in [-0.2, -0.15) is 0 Å². The highest BCUT2D eigenvalue weighted by molar-refractivity contribution is 6.32. The highest BCUT2D eigenvalue weighted by atomic mass is 35.5. The standard InChI is InChI=1S/C22H24ClFN4O3/c1-13-3-5-15(6-4-13)28(20(29)19(23)24)22(2,14-10-25-12-26-11-14)21(30)27-17-9-16-7-8-18(17)31-16/h3-6,10-12,16-19H,7-9H2,1-2H3,(H,27,30)/t16-,17-,18+,19+,22-/m1/s1. The number of aromatic nitrogens is 2. The number of halogens is 2. The highest BCUT2D eigenvalue weighted by Gasteiger charge is 2.49. The number of rotatable bonds is 6. The summed E-state index contributed by atoms with van der Waals surface area (Å²) in [5.74, 6) is -1.52. The molecule has 1 aromatic heterocycles. The molecule has 9 heteroatoms. The number of nitrogens with one attached hydrogen (secondary N) is 1. The fourth-order valence-electron chi connectivity index (χ4n) is 4.41. The molecule has 2 aliphatic rings. The fourth-order valence-corrected chi connectivity index (χ4v) is 4.51. The van der Waals surface area contributed by atoms with Gasteiger partial charge in [-0.1, -0.05) is 29.3 Å². The summed E-state index contributed by atoms with van der Waals surface area (Å²) in [5, 5.41) is 3.03. The number of ether oxygens (including phenoxy) is 1. The second-order valence-corrected chi connectivity index (χ2v) is 8.58. The second kappa shape index (κ2) is 8.51. The molecule has 0 saturated carbocycles. The molecular weight excluding hydrogens is 423 g/mol. The third-order valence-electron chi connectivity index (χ3n) is 6.13. The molecule has 31 heavy (non-hydrogen) atoms. The van der Waals surface area contributed by atoms with Crippen LogP contribution in [0.15, 0.2) is 43.0 Å². The van der Waals surface area contributed by atoms with Gasteiger partial charge in [-0.25, -0.2) is 14.4 Å². The molecule has 2 amide bonds. The third kappa shape index (κ3) is 4.02. The first-order chi connectivity index (χ1) is 14.8. The zero-order valence-electron chi connectivity index (χ0n) is 17.3. The average Bonchev–Trinajstić information content (AvgIpc) is 3.38. The lowest BCUT2D eigenvalue weighted by Gasteiger charge is -2.41. The molecule has 2 fully saturated rings. The quantitative estimate of drug-likeness (QED) is 0.689. The van der Waals surface area contributed by atoms with Crippen LogP contribution in [0.2, 0.25) is 0 Å². The minimum Gasteiger partial charge on any atom is -0.373 e. The summed E-state index contributed by atoms with van der Waals surface area (Å²) in [5.41, 5.74) is -2.35. The molecule has 3 heterocycles. The van der Waals surface area contributed by atoms with Crippen molar-refractivity contribution in [1.82, 2.24) is 15.3 Å². The van der Waals surface area contributed by atoms with Gasteiger partial charge in [0.1, 0.15) is 6.33 Å². The van der Waals surface area contributed by atoms with Gasteiger partial charge in [0.2, 0.25) is 0 Å². The minimum atomic E-state index is -2.33. The normalized spacial score (nSPS) is 25.0. The Bertz CT molecular complexity index is 959. The summed E-state index contributed by atoms with van der Waals surface area (Å²) >= 11 is 5.58. The minimum absolute atomic E-state index is 0.0595. The summed E-state index contributed by atoms with van der Waals surface area (Å²) in [6.45, 7) is 3.44. The Hall–Kier alpha value is -2.58. The topological polar surface area (TPSA) is 84.4 Å². The molecule has 164 valence electrons. The summed E-state index contributed by atoms with van der Waals surface area (Å²) in [6, 6.07) is 6.69. The number of anilines is 1. The molecular formula is C22H24ClFN4O3. The van der Waals surface area contributed by atoms with Crippen molar-refractivity contribution in [2.24, 2.45) is 0 Å². The Balaban J connectivity index is 1.78. The zero-order valence-corrected chi connectivity index (χ0v) is 18.1. The number of alkyl halides is 2. The molecule has 2 bridgehead atoms. The van der Waals surface area contributed by atoms with Crippen molar-refractivity contribution < 1.29 is 18.7 Å². The smallest absolute Gasteiger partial charge is 0.278 e. The van der Waals surface area contributed by atoms with Gasteiger partial charge < -0.3 is 10.1 Å². The zero-order chi connectivity index (χ0) is 22.2. The lowest BCUT2D eigenvalue weighted by Crippen LogP contribution is -2.60. The number of aryl methyl sites for hydroxylation is 1. The van der Waals surface area contributed by atoms with E-state index in [-0.39, 0.29) is 18.2 Å². The summed E-state index contributed by atoms with van der Waals surface area (Å²) < 4.78 is 20.0. The molecule has 4 rings (SSSR count). The van der Waals surface area contributed by atoms with Gasteiger partial charge in [0.15, 0.2) is 5.54 Å². The van der Waals surface area contributed by atoms with Crippen molar-refractivity contribution in [3.63, 3.8) is 0 Å². The van der Waals surface area contributed by atoms with Crippen LogP contribution in [0.25, 0.3) is 0 Å². The van der Waals surface area contributed by atoms with Crippen molar-refractivity contribution in [1.29, 1.82) is 0 Å². The van der Waals surface area contributed by atoms with E-state index < -0.39 is 23.0 Å². The number of amides is 2. The molecule has 2 saturated heterocycles. The number of hydrogen-bond donors (Lipinski definition) is 1. The number of carbonyl (C=O) groups excluding carboxylic acids is 2. The molecule has 0 aliphatic carbocycles. The maximum absolute atomic E-state index is 14.1. The lowest BCUT2D eigenvalue weighted by molar-refractivity contribution is -0.132. The van der Waals surface area contributed by atoms with Crippen molar-refractivity contribution in [2.75, 3.05) is 4.90 Å². The van der Waals surface area contributed by atoms with Gasteiger partial charge in [0.05, 0.1) is 18.2 Å². The first-order valence-electron chi connectivity index (χ1n) is 10.2. The Kier molecular flexibility index (Phi) is 5.94. The Morgan fingerprint density at radius 1 is 1.26 bits per heavy atom. The molecule has 1 N–H and O–H groups in total. The monoisotopic (exact) mass is 446 g/mol. The molecule has 0 spiro atoms. The summed E-state index contributed by atoms with van der Waals surface area (Å²) in [6.07, 6.45) is 6.84. The van der Waals surface area contributed by atoms with Crippen molar-refractivity contribution in [2.45, 2.75) is 62.5 Å². The molecule has 0 radical (unpaired) electrons. The van der Waals surface area contributed by atoms with Crippen LogP contribution in [0.4, 0.5) is 10.1 Å². The van der Waals surface area contributed by atoms with E-state index in [0.29, 0.717) is 17.7 Å². The van der Waals surface area contributed by atoms with Crippen molar-refractivity contribution >= 4 is 29.1 Å². The molecule has 2 aromatic rings. The molecule has 2 aliphatic heterocycles. The number of nitrogens with zero attached hydrogens (tertiary/aromatic N) is 3. The average molecular weight is 447 g/mol. The van der Waals surface area contributed by atoms with Crippen LogP contribution in [-0.4, -0.2) is 45.7 Å². The second-order valence-electron chi connectivity index (χ2n) is 8.20. The van der Waals surface area contributed by atoms with Gasteiger partial charge in [-0.05, 0) is 45.2 Å². The first kappa shape index (κ1) is 21.6. The van der Waals surface area contributed by atoms with Gasteiger partial charge in [-0.15, -0.1) is 0 Å². The van der Waals surface area contributed by atoms with Crippen LogP contribution in [0, 0.1) is 6.92 Å². The van der Waals surface area contributed by atoms with Gasteiger partial charge in [-0.3, -0.25) is 14.5 Å². The number of fused-ring (bicyclic) bond motifs is 2. The molecule has 7 nitrogen and oxygen atoms in total. The summed E-state index contributed by atoms with van der Waals surface area (Å²) in [7, 11) is 0. The number of carbonyl (C=O) groups is 2. The van der Waals surface area contributed by atoms with Gasteiger partial charge in [0.25, 0.3) is 17.4 Å². The first-order valence-corrected chi connectivity index (χ1v) is 10.6. The molecule has 0 unspecified atom stereocenters. The third-order valence-corrected chi connectivity index (χ3v) is 6.32. The highest BCUT2D eigenvalue weighted by Crippen LogP contribution is 2.38. The maximum atomic E-state index is 14.1. The van der Waals surface area contributed by atoms with Gasteiger partial charge >= 0.3 is 0 Å². The van der Waals surface area contributed by atoms with Crippen LogP contribution in [-0.2, 0) is 19.9 Å². The number of benzene rings is 1. The van der Waals surface area contributed by atoms with E-state index in [9.17, 15) is 14.0 Å². The van der Waals surface area contributed by atoms with Crippen LogP contribution in [0.1, 0.15) is 37.3 Å². The summed E-state index contributed by atoms with van der Waals surface area (Å²) in [4.78, 5) is 35.8. The van der Waals surface area contributed by atoms with E-state index in [1.165, 1.54) is 18.7 Å². The Morgan fingerprint density at radius 3 is 2.48 bits per heavy atom. The van der Waals surface area contributed by atoms with Crippen molar-refractivity contribution in [3.05, 3.63) is 54.1 Å². The lowest BCUT2D eigenvalue weighted by atomic mass is 9.88. The maximum Gasteiger partial charge on any atom is 0.278 e. The predicted octanol–water partition coefficient (Wildman–Crippen LogP) is 3.00. The Morgan fingerprint density at radius 2 is 1.94 bits per heavy atom. The van der Waals surface area contributed by atoms with Crippen LogP contribution < -0.4 is 10.2 Å². The van der Waals surface area contributed by atoms with E-state index in [1.807, 2.05) is 6.92 Å². The Labute approximate surface area is 185 Å². The van der Waals surface area contributed by atoms with E-state index >= 15 is 0 Å². The van der Waals surface area contributed by atoms with E-state index in [4.69, 9.17) is 16.3 Å². The van der Waals surface area contributed by atoms with Crippen LogP contribution >= 0.6 is 11.6 Å². The van der Waals surface area contributed by atoms with Gasteiger partial charge in [0, 0.05) is 23.6 Å². The molecule has 5 atom stereocenters. The fraction of sp³-hybridized carbons (Fsp3) is 0.455. The van der Waals surface area contributed by atoms with E-state index in [1.54, 1.807) is 31.2 Å². The van der Waals surface area contributed by atoms with Crippen molar-refractivity contribution in [3.8, 4) is 0 Å². The van der Waals surface area contributed by atoms with Crippen LogP contribution in [0.5, 0.6) is 0 Å². The van der Waals surface area contributed by atoms with E-state index in [2.05, 4.69) is 15.3 Å². The number of hydrogen-bond acceptors (Lipinski definition) is 5. The SMILES string of the molecule is Cc1ccc(N(C(=O)[C@H](F)Cl)[C@@](C)(C(=O)N[C@@H]2C[C@H]3CC[C@@H]2O3)c2cncnc2)cc1. The van der Waals surface area contributed by atoms with E-state index in [0.717, 1.165) is 23.3 Å².